The first-order valence-electron chi connectivity index (χ1n) is 7.55. The van der Waals surface area contributed by atoms with Gasteiger partial charge in [-0.2, -0.15) is 0 Å². The Labute approximate surface area is 125 Å². The van der Waals surface area contributed by atoms with E-state index in [1.54, 1.807) is 7.11 Å². The first-order valence-corrected chi connectivity index (χ1v) is 7.55. The molecule has 1 saturated heterocycles. The zero-order valence-corrected chi connectivity index (χ0v) is 12.9. The average molecular weight is 289 g/mol. The molecular weight excluding hydrogens is 266 g/mol. The van der Waals surface area contributed by atoms with Crippen molar-refractivity contribution < 1.29 is 9.47 Å². The van der Waals surface area contributed by atoms with E-state index in [0.717, 1.165) is 48.8 Å². The Bertz CT molecular complexity index is 615. The van der Waals surface area contributed by atoms with Crippen LogP contribution in [0.5, 0.6) is 5.75 Å². The lowest BCUT2D eigenvalue weighted by atomic mass is 10.2. The van der Waals surface area contributed by atoms with Gasteiger partial charge in [-0.15, -0.1) is 0 Å². The van der Waals surface area contributed by atoms with Gasteiger partial charge in [0.2, 0.25) is 0 Å². The van der Waals surface area contributed by atoms with Gasteiger partial charge in [-0.05, 0) is 26.0 Å². The number of aromatic nitrogens is 2. The van der Waals surface area contributed by atoms with E-state index in [4.69, 9.17) is 14.5 Å². The van der Waals surface area contributed by atoms with E-state index in [1.807, 2.05) is 12.1 Å². The number of morpholine rings is 1. The van der Waals surface area contributed by atoms with Crippen molar-refractivity contribution in [1.82, 2.24) is 14.9 Å². The number of fused-ring (bicyclic) bond motifs is 1. The number of hydrogen-bond acceptors (Lipinski definition) is 4. The maximum Gasteiger partial charge on any atom is 0.121 e. The van der Waals surface area contributed by atoms with Crippen LogP contribution in [0.2, 0.25) is 0 Å². The molecule has 0 aliphatic carbocycles. The summed E-state index contributed by atoms with van der Waals surface area (Å²) in [6.07, 6.45) is 0.884. The molecule has 0 radical (unpaired) electrons. The first kappa shape index (κ1) is 14.4. The van der Waals surface area contributed by atoms with Crippen LogP contribution in [0.15, 0.2) is 18.2 Å². The lowest BCUT2D eigenvalue weighted by Crippen LogP contribution is -2.43. The number of imidazole rings is 1. The van der Waals surface area contributed by atoms with Gasteiger partial charge in [0.25, 0.3) is 0 Å². The topological polar surface area (TPSA) is 48.3 Å². The average Bonchev–Trinajstić information content (AvgIpc) is 2.85. The van der Waals surface area contributed by atoms with E-state index >= 15 is 0 Å². The van der Waals surface area contributed by atoms with Crippen molar-refractivity contribution in [3.8, 4) is 5.75 Å². The molecule has 0 spiro atoms. The van der Waals surface area contributed by atoms with Crippen molar-refractivity contribution in [2.45, 2.75) is 32.4 Å². The highest BCUT2D eigenvalue weighted by Gasteiger charge is 2.20. The van der Waals surface area contributed by atoms with Gasteiger partial charge in [0.1, 0.15) is 11.6 Å². The number of nitrogens with one attached hydrogen (secondary N) is 1. The van der Waals surface area contributed by atoms with Crippen molar-refractivity contribution in [3.05, 3.63) is 24.0 Å². The molecule has 1 atom stereocenters. The Kier molecular flexibility index (Phi) is 4.12. The molecule has 1 aromatic carbocycles. The summed E-state index contributed by atoms with van der Waals surface area (Å²) in [4.78, 5) is 4.82. The van der Waals surface area contributed by atoms with E-state index in [2.05, 4.69) is 29.8 Å². The second-order valence-electron chi connectivity index (χ2n) is 5.78. The third kappa shape index (κ3) is 2.89. The minimum absolute atomic E-state index is 0.343. The Morgan fingerprint density at radius 1 is 1.48 bits per heavy atom. The molecule has 1 fully saturated rings. The highest BCUT2D eigenvalue weighted by Crippen LogP contribution is 2.25. The second-order valence-corrected chi connectivity index (χ2v) is 5.78. The van der Waals surface area contributed by atoms with Crippen molar-refractivity contribution >= 4 is 11.0 Å². The summed E-state index contributed by atoms with van der Waals surface area (Å²) in [5.41, 5.74) is 2.16. The normalized spacial score (nSPS) is 19.3. The van der Waals surface area contributed by atoms with E-state index in [-0.39, 0.29) is 0 Å². The van der Waals surface area contributed by atoms with E-state index in [1.165, 1.54) is 0 Å². The van der Waals surface area contributed by atoms with Crippen LogP contribution < -0.4 is 10.1 Å². The molecule has 5 nitrogen and oxygen atoms in total. The third-order valence-corrected chi connectivity index (χ3v) is 3.91. The quantitative estimate of drug-likeness (QED) is 0.937. The van der Waals surface area contributed by atoms with Crippen molar-refractivity contribution in [2.24, 2.45) is 0 Å². The summed E-state index contributed by atoms with van der Waals surface area (Å²) < 4.78 is 13.2. The summed E-state index contributed by atoms with van der Waals surface area (Å²) in [7, 11) is 1.69. The smallest absolute Gasteiger partial charge is 0.121 e. The fourth-order valence-electron chi connectivity index (χ4n) is 2.95. The molecule has 1 aliphatic heterocycles. The van der Waals surface area contributed by atoms with Crippen molar-refractivity contribution in [3.63, 3.8) is 0 Å². The molecule has 0 amide bonds. The van der Waals surface area contributed by atoms with Crippen LogP contribution in [-0.2, 0) is 11.2 Å². The molecule has 0 bridgehead atoms. The lowest BCUT2D eigenvalue weighted by molar-refractivity contribution is 0.0761. The number of hydrogen-bond donors (Lipinski definition) is 1. The summed E-state index contributed by atoms with van der Waals surface area (Å²) in [5, 5.41) is 3.50. The lowest BCUT2D eigenvalue weighted by Gasteiger charge is -2.24. The molecule has 2 aromatic rings. The van der Waals surface area contributed by atoms with Crippen LogP contribution in [0.1, 0.15) is 25.7 Å². The minimum Gasteiger partial charge on any atom is -0.497 e. The molecule has 2 heterocycles. The molecular formula is C16H23N3O2. The van der Waals surface area contributed by atoms with E-state index in [9.17, 15) is 0 Å². The monoisotopic (exact) mass is 289 g/mol. The number of methoxy groups -OCH3 is 1. The predicted octanol–water partition coefficient (Wildman–Crippen LogP) is 2.16. The van der Waals surface area contributed by atoms with Gasteiger partial charge >= 0.3 is 0 Å². The summed E-state index contributed by atoms with van der Waals surface area (Å²) in [6, 6.07) is 6.81. The predicted molar refractivity (Wildman–Crippen MR) is 83.0 cm³/mol. The van der Waals surface area contributed by atoms with Crippen LogP contribution in [0, 0.1) is 0 Å². The number of nitrogens with zero attached hydrogens (tertiary/aromatic N) is 2. The molecule has 3 rings (SSSR count). The number of ether oxygens (including phenoxy) is 2. The van der Waals surface area contributed by atoms with Crippen LogP contribution in [-0.4, -0.2) is 42.5 Å². The van der Waals surface area contributed by atoms with Gasteiger partial charge < -0.3 is 19.4 Å². The Morgan fingerprint density at radius 3 is 3.00 bits per heavy atom. The van der Waals surface area contributed by atoms with Crippen LogP contribution in [0.3, 0.4) is 0 Å². The first-order chi connectivity index (χ1) is 10.2. The fraction of sp³-hybridized carbons (Fsp3) is 0.562. The molecule has 21 heavy (non-hydrogen) atoms. The third-order valence-electron chi connectivity index (χ3n) is 3.91. The number of rotatable bonds is 4. The molecule has 5 heteroatoms. The fourth-order valence-corrected chi connectivity index (χ4v) is 2.95. The van der Waals surface area contributed by atoms with Gasteiger partial charge in [0.05, 0.1) is 31.4 Å². The molecule has 114 valence electrons. The Hall–Kier alpha value is -1.59. The van der Waals surface area contributed by atoms with Gasteiger partial charge in [-0.3, -0.25) is 0 Å². The molecule has 1 N–H and O–H groups in total. The zero-order chi connectivity index (χ0) is 14.8. The van der Waals surface area contributed by atoms with Gasteiger partial charge in [0.15, 0.2) is 0 Å². The van der Waals surface area contributed by atoms with Crippen molar-refractivity contribution in [2.75, 3.05) is 26.9 Å². The molecule has 1 aliphatic rings. The maximum atomic E-state index is 5.55. The van der Waals surface area contributed by atoms with Crippen LogP contribution in [0.4, 0.5) is 0 Å². The standard InChI is InChI=1S/C16H23N3O2/c1-11(2)19-15-5-4-13(20-3)9-14(15)18-16(19)8-12-10-21-7-6-17-12/h4-5,9,11-12,17H,6-8,10H2,1-3H3. The Balaban J connectivity index is 1.97. The summed E-state index contributed by atoms with van der Waals surface area (Å²) >= 11 is 0. The number of benzene rings is 1. The SMILES string of the molecule is COc1ccc2c(c1)nc(CC1COCCN1)n2C(C)C. The minimum atomic E-state index is 0.343. The second kappa shape index (κ2) is 6.03. The van der Waals surface area contributed by atoms with Crippen LogP contribution in [0.25, 0.3) is 11.0 Å². The van der Waals surface area contributed by atoms with E-state index < -0.39 is 0 Å². The molecule has 1 aromatic heterocycles. The largest absolute Gasteiger partial charge is 0.497 e. The van der Waals surface area contributed by atoms with Gasteiger partial charge in [-0.25, -0.2) is 4.98 Å². The highest BCUT2D eigenvalue weighted by molar-refractivity contribution is 5.78. The Morgan fingerprint density at radius 2 is 2.33 bits per heavy atom. The van der Waals surface area contributed by atoms with Gasteiger partial charge in [0, 0.05) is 31.1 Å². The maximum absolute atomic E-state index is 5.55. The highest BCUT2D eigenvalue weighted by atomic mass is 16.5. The van der Waals surface area contributed by atoms with Crippen molar-refractivity contribution in [1.29, 1.82) is 0 Å². The summed E-state index contributed by atoms with van der Waals surface area (Å²) in [6.45, 7) is 6.86. The molecule has 0 saturated carbocycles. The van der Waals surface area contributed by atoms with Crippen LogP contribution >= 0.6 is 0 Å². The zero-order valence-electron chi connectivity index (χ0n) is 12.9. The van der Waals surface area contributed by atoms with Gasteiger partial charge in [-0.1, -0.05) is 0 Å². The molecule has 1 unspecified atom stereocenters. The summed E-state index contributed by atoms with van der Waals surface area (Å²) in [5.74, 6) is 1.96. The van der Waals surface area contributed by atoms with E-state index in [0.29, 0.717) is 12.1 Å².